The Morgan fingerprint density at radius 3 is 0.875 bits per heavy atom. The van der Waals surface area contributed by atoms with Gasteiger partial charge in [0, 0.05) is 19.3 Å². The zero-order valence-electron chi connectivity index (χ0n) is 38.3. The lowest BCUT2D eigenvalue weighted by Gasteiger charge is -2.18. The van der Waals surface area contributed by atoms with Crippen LogP contribution in [0.25, 0.3) is 0 Å². The molecule has 332 valence electrons. The quantitative estimate of drug-likeness (QED) is 0.0347. The average molecular weight is 793 g/mol. The molecule has 0 spiro atoms. The van der Waals surface area contributed by atoms with Gasteiger partial charge in [0.25, 0.3) is 0 Å². The van der Waals surface area contributed by atoms with Crippen LogP contribution >= 0.6 is 0 Å². The fraction of sp³-hybridized carbons (Fsp3) is 0.940. The molecular weight excluding hydrogens is 697 g/mol. The fourth-order valence-corrected chi connectivity index (χ4v) is 7.46. The molecule has 0 fully saturated rings. The van der Waals surface area contributed by atoms with Crippen LogP contribution in [-0.4, -0.2) is 37.2 Å². The van der Waals surface area contributed by atoms with Crippen LogP contribution in [0.4, 0.5) is 0 Å². The smallest absolute Gasteiger partial charge is 0.306 e. The first-order chi connectivity index (χ1) is 27.2. The molecule has 0 aliphatic rings. The molecule has 0 unspecified atom stereocenters. The second-order valence-corrected chi connectivity index (χ2v) is 18.1. The summed E-state index contributed by atoms with van der Waals surface area (Å²) < 4.78 is 16.8. The van der Waals surface area contributed by atoms with Gasteiger partial charge in [0.2, 0.25) is 0 Å². The van der Waals surface area contributed by atoms with Crippen molar-refractivity contribution < 1.29 is 28.6 Å². The molecule has 56 heavy (non-hydrogen) atoms. The topological polar surface area (TPSA) is 78.9 Å². The molecule has 0 heterocycles. The number of unbranched alkanes of at least 4 members (excludes halogenated alkanes) is 29. The van der Waals surface area contributed by atoms with Crippen molar-refractivity contribution in [3.63, 3.8) is 0 Å². The highest BCUT2D eigenvalue weighted by atomic mass is 16.6. The molecule has 0 amide bonds. The number of esters is 3. The zero-order chi connectivity index (χ0) is 41.2. The van der Waals surface area contributed by atoms with E-state index in [2.05, 4.69) is 34.6 Å². The third-order valence-electron chi connectivity index (χ3n) is 11.2. The van der Waals surface area contributed by atoms with Crippen molar-refractivity contribution in [1.82, 2.24) is 0 Å². The number of rotatable bonds is 44. The van der Waals surface area contributed by atoms with E-state index in [-0.39, 0.29) is 31.1 Å². The first kappa shape index (κ1) is 54.4. The predicted molar refractivity (Wildman–Crippen MR) is 238 cm³/mol. The summed E-state index contributed by atoms with van der Waals surface area (Å²) in [6.45, 7) is 11.3. The van der Waals surface area contributed by atoms with E-state index in [0.717, 1.165) is 69.6 Å². The molecule has 0 aromatic heterocycles. The van der Waals surface area contributed by atoms with E-state index in [9.17, 15) is 14.4 Å². The summed E-state index contributed by atoms with van der Waals surface area (Å²) in [6, 6.07) is 0. The number of carbonyl (C=O) groups is 3. The molecular formula is C50H96O6. The maximum atomic E-state index is 12.7. The molecule has 0 radical (unpaired) electrons. The molecule has 0 aliphatic heterocycles. The van der Waals surface area contributed by atoms with Gasteiger partial charge in [0.05, 0.1) is 0 Å². The van der Waals surface area contributed by atoms with Crippen molar-refractivity contribution in [3.05, 3.63) is 0 Å². The molecule has 0 aliphatic carbocycles. The van der Waals surface area contributed by atoms with Gasteiger partial charge in [0.1, 0.15) is 13.2 Å². The molecule has 0 saturated carbocycles. The third-order valence-corrected chi connectivity index (χ3v) is 11.2. The van der Waals surface area contributed by atoms with E-state index in [4.69, 9.17) is 14.2 Å². The van der Waals surface area contributed by atoms with Crippen LogP contribution in [0.1, 0.15) is 272 Å². The molecule has 0 aromatic carbocycles. The van der Waals surface area contributed by atoms with Crippen molar-refractivity contribution in [3.8, 4) is 0 Å². The summed E-state index contributed by atoms with van der Waals surface area (Å²) in [7, 11) is 0. The first-order valence-corrected chi connectivity index (χ1v) is 24.7. The van der Waals surface area contributed by atoms with Gasteiger partial charge in [-0.2, -0.15) is 0 Å². The Labute approximate surface area is 348 Å². The Morgan fingerprint density at radius 2 is 0.589 bits per heavy atom. The van der Waals surface area contributed by atoms with Crippen LogP contribution in [0, 0.1) is 11.8 Å². The molecule has 0 rings (SSSR count). The summed E-state index contributed by atoms with van der Waals surface area (Å²) in [5.74, 6) is 0.742. The highest BCUT2D eigenvalue weighted by molar-refractivity contribution is 5.71. The Kier molecular flexibility index (Phi) is 41.8. The standard InChI is InChI=1S/C50H96O6/c1-6-7-8-9-10-11-12-13-14-19-22-25-32-37-42-50(53)56-47(44-55-49(52)41-36-31-27-26-29-34-39-46(4)5)43-54-48(51)40-35-30-24-21-18-16-15-17-20-23-28-33-38-45(2)3/h45-47H,6-44H2,1-5H3/t47-/m1/s1. The average Bonchev–Trinajstić information content (AvgIpc) is 3.16. The van der Waals surface area contributed by atoms with Gasteiger partial charge in [-0.15, -0.1) is 0 Å². The predicted octanol–water partition coefficient (Wildman–Crippen LogP) is 15.8. The zero-order valence-corrected chi connectivity index (χ0v) is 38.3. The van der Waals surface area contributed by atoms with Gasteiger partial charge < -0.3 is 14.2 Å². The monoisotopic (exact) mass is 793 g/mol. The summed E-state index contributed by atoms with van der Waals surface area (Å²) in [4.78, 5) is 37.8. The van der Waals surface area contributed by atoms with Crippen LogP contribution in [0.15, 0.2) is 0 Å². The van der Waals surface area contributed by atoms with Crippen LogP contribution in [0.2, 0.25) is 0 Å². The van der Waals surface area contributed by atoms with Crippen LogP contribution in [0.3, 0.4) is 0 Å². The van der Waals surface area contributed by atoms with Gasteiger partial charge in [-0.05, 0) is 31.1 Å². The summed E-state index contributed by atoms with van der Waals surface area (Å²) in [6.07, 6.45) is 42.4. The molecule has 0 aromatic rings. The molecule has 6 heteroatoms. The van der Waals surface area contributed by atoms with E-state index in [1.807, 2.05) is 0 Å². The minimum absolute atomic E-state index is 0.0648. The van der Waals surface area contributed by atoms with Crippen molar-refractivity contribution in [2.45, 2.75) is 278 Å². The first-order valence-electron chi connectivity index (χ1n) is 24.7. The van der Waals surface area contributed by atoms with Gasteiger partial charge in [-0.3, -0.25) is 14.4 Å². The van der Waals surface area contributed by atoms with E-state index < -0.39 is 6.10 Å². The van der Waals surface area contributed by atoms with Crippen LogP contribution < -0.4 is 0 Å². The molecule has 0 bridgehead atoms. The molecule has 1 atom stereocenters. The summed E-state index contributed by atoms with van der Waals surface area (Å²) in [5, 5.41) is 0. The summed E-state index contributed by atoms with van der Waals surface area (Å²) >= 11 is 0. The van der Waals surface area contributed by atoms with E-state index in [1.165, 1.54) is 161 Å². The van der Waals surface area contributed by atoms with Crippen LogP contribution in [-0.2, 0) is 28.6 Å². The van der Waals surface area contributed by atoms with Crippen molar-refractivity contribution in [1.29, 1.82) is 0 Å². The SMILES string of the molecule is CCCCCCCCCCCCCCCCC(=O)O[C@H](COC(=O)CCCCCCCCCCCCCCC(C)C)COC(=O)CCCCCCCCC(C)C. The Morgan fingerprint density at radius 1 is 0.339 bits per heavy atom. The third kappa shape index (κ3) is 43.5. The largest absolute Gasteiger partial charge is 0.462 e. The number of ether oxygens (including phenoxy) is 3. The summed E-state index contributed by atoms with van der Waals surface area (Å²) in [5.41, 5.74) is 0. The maximum Gasteiger partial charge on any atom is 0.306 e. The minimum atomic E-state index is -0.761. The lowest BCUT2D eigenvalue weighted by molar-refractivity contribution is -0.167. The van der Waals surface area contributed by atoms with E-state index in [1.54, 1.807) is 0 Å². The Balaban J connectivity index is 4.29. The minimum Gasteiger partial charge on any atom is -0.462 e. The van der Waals surface area contributed by atoms with E-state index >= 15 is 0 Å². The highest BCUT2D eigenvalue weighted by Crippen LogP contribution is 2.17. The van der Waals surface area contributed by atoms with Gasteiger partial charge in [-0.25, -0.2) is 0 Å². The van der Waals surface area contributed by atoms with E-state index in [0.29, 0.717) is 19.3 Å². The lowest BCUT2D eigenvalue weighted by Crippen LogP contribution is -2.30. The Hall–Kier alpha value is -1.59. The van der Waals surface area contributed by atoms with Crippen molar-refractivity contribution >= 4 is 17.9 Å². The van der Waals surface area contributed by atoms with Gasteiger partial charge >= 0.3 is 17.9 Å². The number of carbonyl (C=O) groups excluding carboxylic acids is 3. The second kappa shape index (κ2) is 43.0. The van der Waals surface area contributed by atoms with Gasteiger partial charge in [-0.1, -0.05) is 234 Å². The molecule has 0 N–H and O–H groups in total. The van der Waals surface area contributed by atoms with Gasteiger partial charge in [0.15, 0.2) is 6.10 Å². The van der Waals surface area contributed by atoms with Crippen molar-refractivity contribution in [2.75, 3.05) is 13.2 Å². The maximum absolute atomic E-state index is 12.7. The highest BCUT2D eigenvalue weighted by Gasteiger charge is 2.19. The number of hydrogen-bond acceptors (Lipinski definition) is 6. The molecule has 0 saturated heterocycles. The fourth-order valence-electron chi connectivity index (χ4n) is 7.46. The van der Waals surface area contributed by atoms with Crippen LogP contribution in [0.5, 0.6) is 0 Å². The lowest BCUT2D eigenvalue weighted by atomic mass is 10.0. The second-order valence-electron chi connectivity index (χ2n) is 18.1. The van der Waals surface area contributed by atoms with Crippen molar-refractivity contribution in [2.24, 2.45) is 11.8 Å². The molecule has 6 nitrogen and oxygen atoms in total. The Bertz CT molecular complexity index is 854. The number of hydrogen-bond donors (Lipinski definition) is 0. The normalized spacial score (nSPS) is 12.1.